The highest BCUT2D eigenvalue weighted by Crippen LogP contribution is 2.32. The summed E-state index contributed by atoms with van der Waals surface area (Å²) in [6.45, 7) is 7.44. The van der Waals surface area contributed by atoms with E-state index < -0.39 is 16.0 Å². The van der Waals surface area contributed by atoms with Crippen molar-refractivity contribution in [2.24, 2.45) is 0 Å². The summed E-state index contributed by atoms with van der Waals surface area (Å²) in [4.78, 5) is 11.2. The van der Waals surface area contributed by atoms with Crippen molar-refractivity contribution < 1.29 is 18.3 Å². The van der Waals surface area contributed by atoms with Gasteiger partial charge < -0.3 is 5.11 Å². The summed E-state index contributed by atoms with van der Waals surface area (Å²) in [5.74, 6) is -1.11. The van der Waals surface area contributed by atoms with Crippen LogP contribution in [0.4, 0.5) is 5.69 Å². The number of benzene rings is 1. The van der Waals surface area contributed by atoms with E-state index in [0.29, 0.717) is 11.3 Å². The Morgan fingerprint density at radius 3 is 2.30 bits per heavy atom. The van der Waals surface area contributed by atoms with E-state index in [1.165, 1.54) is 10.4 Å². The third-order valence-electron chi connectivity index (χ3n) is 3.54. The van der Waals surface area contributed by atoms with E-state index in [4.69, 9.17) is 5.11 Å². The lowest BCUT2D eigenvalue weighted by Crippen LogP contribution is -2.30. The summed E-state index contributed by atoms with van der Waals surface area (Å²) in [5.41, 5.74) is 2.99. The molecule has 0 aliphatic carbocycles. The summed E-state index contributed by atoms with van der Waals surface area (Å²) >= 11 is 0.793. The van der Waals surface area contributed by atoms with Gasteiger partial charge in [0.15, 0.2) is 0 Å². The predicted molar refractivity (Wildman–Crippen MR) is 92.1 cm³/mol. The fourth-order valence-electron chi connectivity index (χ4n) is 2.46. The highest BCUT2D eigenvalue weighted by molar-refractivity contribution is 7.94. The molecule has 0 amide bonds. The monoisotopic (exact) mass is 353 g/mol. The van der Waals surface area contributed by atoms with Crippen LogP contribution >= 0.6 is 11.3 Å². The van der Waals surface area contributed by atoms with Gasteiger partial charge in [-0.3, -0.25) is 4.31 Å². The fraction of sp³-hybridized carbons (Fsp3) is 0.312. The molecule has 1 aromatic carbocycles. The Bertz CT molecular complexity index is 853. The van der Waals surface area contributed by atoms with Gasteiger partial charge in [0.2, 0.25) is 0 Å². The predicted octanol–water partition coefficient (Wildman–Crippen LogP) is 3.59. The molecule has 5 nitrogen and oxygen atoms in total. The molecule has 0 saturated heterocycles. The summed E-state index contributed by atoms with van der Waals surface area (Å²) in [7, 11) is -3.79. The molecule has 23 heavy (non-hydrogen) atoms. The van der Waals surface area contributed by atoms with Gasteiger partial charge in [-0.25, -0.2) is 13.2 Å². The number of carboxylic acid groups (broad SMARTS) is 1. The second-order valence-corrected chi connectivity index (χ2v) is 8.48. The number of carbonyl (C=O) groups is 1. The smallest absolute Gasteiger partial charge is 0.346 e. The molecule has 0 aliphatic heterocycles. The van der Waals surface area contributed by atoms with Crippen molar-refractivity contribution in [2.75, 3.05) is 10.8 Å². The third-order valence-corrected chi connectivity index (χ3v) is 7.11. The van der Waals surface area contributed by atoms with Gasteiger partial charge in [-0.15, -0.1) is 11.3 Å². The van der Waals surface area contributed by atoms with Crippen LogP contribution in [-0.2, 0) is 10.0 Å². The molecule has 2 rings (SSSR count). The lowest BCUT2D eigenvalue weighted by Gasteiger charge is -2.24. The molecule has 1 heterocycles. The number of rotatable bonds is 5. The summed E-state index contributed by atoms with van der Waals surface area (Å²) in [6.07, 6.45) is 0. The number of anilines is 1. The maximum atomic E-state index is 12.9. The number of nitrogens with zero attached hydrogens (tertiary/aromatic N) is 1. The standard InChI is InChI=1S/C16H19NO4S2/c1-5-17(13-7-6-10(2)8-11(13)3)23(20,21)14-9-12(4)15(22-14)16(18)19/h6-9H,5H2,1-4H3,(H,18,19). The molecule has 1 aromatic heterocycles. The molecule has 1 N–H and O–H groups in total. The Balaban J connectivity index is 2.55. The van der Waals surface area contributed by atoms with Gasteiger partial charge in [0, 0.05) is 6.54 Å². The minimum Gasteiger partial charge on any atom is -0.477 e. The van der Waals surface area contributed by atoms with E-state index >= 15 is 0 Å². The quantitative estimate of drug-likeness (QED) is 0.891. The maximum absolute atomic E-state index is 12.9. The summed E-state index contributed by atoms with van der Waals surface area (Å²) in [6, 6.07) is 7.00. The Kier molecular flexibility index (Phi) is 4.81. The molecule has 7 heteroatoms. The Hall–Kier alpha value is -1.86. The summed E-state index contributed by atoms with van der Waals surface area (Å²) in [5, 5.41) is 9.13. The molecule has 124 valence electrons. The zero-order valence-corrected chi connectivity index (χ0v) is 15.1. The highest BCUT2D eigenvalue weighted by Gasteiger charge is 2.28. The number of hydrogen-bond acceptors (Lipinski definition) is 4. The zero-order chi connectivity index (χ0) is 17.4. The molecule has 0 saturated carbocycles. The first kappa shape index (κ1) is 17.5. The lowest BCUT2D eigenvalue weighted by molar-refractivity contribution is 0.0701. The molecular formula is C16H19NO4S2. The van der Waals surface area contributed by atoms with Crippen molar-refractivity contribution in [1.82, 2.24) is 0 Å². The average Bonchev–Trinajstić information content (AvgIpc) is 2.85. The van der Waals surface area contributed by atoms with Crippen LogP contribution < -0.4 is 4.31 Å². The van der Waals surface area contributed by atoms with Gasteiger partial charge in [-0.1, -0.05) is 17.7 Å². The zero-order valence-electron chi connectivity index (χ0n) is 13.5. The molecular weight excluding hydrogens is 334 g/mol. The lowest BCUT2D eigenvalue weighted by atomic mass is 10.1. The van der Waals surface area contributed by atoms with Gasteiger partial charge in [0.05, 0.1) is 5.69 Å². The Morgan fingerprint density at radius 2 is 1.83 bits per heavy atom. The van der Waals surface area contributed by atoms with E-state index in [1.807, 2.05) is 26.0 Å². The molecule has 2 aromatic rings. The van der Waals surface area contributed by atoms with E-state index in [0.717, 1.165) is 22.5 Å². The highest BCUT2D eigenvalue weighted by atomic mass is 32.2. The van der Waals surface area contributed by atoms with Gasteiger partial charge in [-0.2, -0.15) is 0 Å². The number of hydrogen-bond donors (Lipinski definition) is 1. The molecule has 0 aliphatic rings. The van der Waals surface area contributed by atoms with Crippen LogP contribution in [0.15, 0.2) is 28.5 Å². The van der Waals surface area contributed by atoms with Crippen molar-refractivity contribution in [2.45, 2.75) is 31.9 Å². The van der Waals surface area contributed by atoms with E-state index in [1.54, 1.807) is 19.9 Å². The van der Waals surface area contributed by atoms with Crippen LogP contribution in [0.2, 0.25) is 0 Å². The summed E-state index contributed by atoms with van der Waals surface area (Å²) < 4.78 is 27.2. The van der Waals surface area contributed by atoms with E-state index in [2.05, 4.69) is 0 Å². The first-order valence-electron chi connectivity index (χ1n) is 7.12. The van der Waals surface area contributed by atoms with Crippen molar-refractivity contribution in [3.8, 4) is 0 Å². The van der Waals surface area contributed by atoms with Crippen molar-refractivity contribution in [1.29, 1.82) is 0 Å². The Labute approximate surface area is 140 Å². The van der Waals surface area contributed by atoms with Crippen LogP contribution in [0.1, 0.15) is 33.3 Å². The van der Waals surface area contributed by atoms with Crippen LogP contribution in [0, 0.1) is 20.8 Å². The fourth-order valence-corrected chi connectivity index (χ4v) is 5.49. The molecule has 0 fully saturated rings. The first-order valence-corrected chi connectivity index (χ1v) is 9.37. The second kappa shape index (κ2) is 6.33. The van der Waals surface area contributed by atoms with Gasteiger partial charge in [-0.05, 0) is 51.0 Å². The average molecular weight is 353 g/mol. The molecule has 0 spiro atoms. The number of carboxylic acids is 1. The number of thiophene rings is 1. The topological polar surface area (TPSA) is 74.7 Å². The van der Waals surface area contributed by atoms with Gasteiger partial charge in [0.1, 0.15) is 9.09 Å². The van der Waals surface area contributed by atoms with Crippen LogP contribution in [-0.4, -0.2) is 26.0 Å². The molecule has 0 atom stereocenters. The van der Waals surface area contributed by atoms with Crippen LogP contribution in [0.25, 0.3) is 0 Å². The minimum absolute atomic E-state index is 0.0502. The van der Waals surface area contributed by atoms with Gasteiger partial charge >= 0.3 is 5.97 Å². The maximum Gasteiger partial charge on any atom is 0.346 e. The molecule has 0 radical (unpaired) electrons. The van der Waals surface area contributed by atoms with Crippen molar-refractivity contribution >= 4 is 33.0 Å². The molecule has 0 bridgehead atoms. The number of aryl methyl sites for hydroxylation is 3. The third kappa shape index (κ3) is 3.25. The van der Waals surface area contributed by atoms with Gasteiger partial charge in [0.25, 0.3) is 10.0 Å². The number of aromatic carboxylic acids is 1. The van der Waals surface area contributed by atoms with Crippen molar-refractivity contribution in [3.63, 3.8) is 0 Å². The largest absolute Gasteiger partial charge is 0.477 e. The number of sulfonamides is 1. The normalized spacial score (nSPS) is 11.5. The molecule has 0 unspecified atom stereocenters. The van der Waals surface area contributed by atoms with E-state index in [9.17, 15) is 13.2 Å². The van der Waals surface area contributed by atoms with Crippen LogP contribution in [0.5, 0.6) is 0 Å². The van der Waals surface area contributed by atoms with Crippen LogP contribution in [0.3, 0.4) is 0 Å². The van der Waals surface area contributed by atoms with E-state index in [-0.39, 0.29) is 15.6 Å². The SMILES string of the molecule is CCN(c1ccc(C)cc1C)S(=O)(=O)c1cc(C)c(C(=O)O)s1. The second-order valence-electron chi connectivity index (χ2n) is 5.34. The Morgan fingerprint density at radius 1 is 1.17 bits per heavy atom. The minimum atomic E-state index is -3.79. The van der Waals surface area contributed by atoms with Crippen molar-refractivity contribution in [3.05, 3.63) is 45.8 Å². The first-order chi connectivity index (χ1) is 10.7.